The lowest BCUT2D eigenvalue weighted by Crippen LogP contribution is -2.21. The van der Waals surface area contributed by atoms with Gasteiger partial charge in [0.2, 0.25) is 0 Å². The van der Waals surface area contributed by atoms with E-state index in [9.17, 15) is 19.7 Å². The predicted molar refractivity (Wildman–Crippen MR) is 104 cm³/mol. The summed E-state index contributed by atoms with van der Waals surface area (Å²) in [7, 11) is 0. The summed E-state index contributed by atoms with van der Waals surface area (Å²) < 4.78 is 10.5. The quantitative estimate of drug-likeness (QED) is 0.421. The number of ether oxygens (including phenoxy) is 2. The lowest BCUT2D eigenvalue weighted by Gasteiger charge is -2.10. The van der Waals surface area contributed by atoms with Gasteiger partial charge in [-0.25, -0.2) is 4.79 Å². The number of nitrogens with zero attached hydrogens (tertiary/aromatic N) is 1. The highest BCUT2D eigenvalue weighted by molar-refractivity contribution is 5.96. The van der Waals surface area contributed by atoms with Gasteiger partial charge in [0.25, 0.3) is 11.6 Å². The van der Waals surface area contributed by atoms with Gasteiger partial charge in [-0.05, 0) is 43.2 Å². The van der Waals surface area contributed by atoms with Gasteiger partial charge in [-0.1, -0.05) is 19.9 Å². The molecular weight excluding hydrogens is 364 g/mol. The van der Waals surface area contributed by atoms with Crippen LogP contribution >= 0.6 is 0 Å². The number of rotatable bonds is 8. The highest BCUT2D eigenvalue weighted by atomic mass is 16.6. The Kier molecular flexibility index (Phi) is 7.08. The molecule has 0 spiro atoms. The molecule has 1 N–H and O–H groups in total. The van der Waals surface area contributed by atoms with Crippen LogP contribution in [-0.2, 0) is 9.53 Å². The van der Waals surface area contributed by atoms with Crippen LogP contribution in [0.15, 0.2) is 42.5 Å². The summed E-state index contributed by atoms with van der Waals surface area (Å²) in [5.41, 5.74) is 0.803. The molecule has 0 radical (unpaired) electrons. The highest BCUT2D eigenvalue weighted by Gasteiger charge is 2.16. The molecule has 8 nitrogen and oxygen atoms in total. The first-order valence-corrected chi connectivity index (χ1v) is 8.71. The molecular formula is C20H22N2O6. The number of esters is 1. The van der Waals surface area contributed by atoms with E-state index < -0.39 is 23.4 Å². The molecule has 0 aliphatic heterocycles. The van der Waals surface area contributed by atoms with Gasteiger partial charge in [-0.15, -0.1) is 0 Å². The number of hydrogen-bond acceptors (Lipinski definition) is 6. The second-order valence-electron chi connectivity index (χ2n) is 6.56. The number of hydrogen-bond donors (Lipinski definition) is 1. The van der Waals surface area contributed by atoms with Crippen LogP contribution in [0.2, 0.25) is 0 Å². The summed E-state index contributed by atoms with van der Waals surface area (Å²) in [4.78, 5) is 34.5. The van der Waals surface area contributed by atoms with Gasteiger partial charge in [0.05, 0.1) is 28.3 Å². The summed E-state index contributed by atoms with van der Waals surface area (Å²) >= 11 is 0. The van der Waals surface area contributed by atoms with Gasteiger partial charge >= 0.3 is 5.97 Å². The van der Waals surface area contributed by atoms with Gasteiger partial charge in [0.1, 0.15) is 5.75 Å². The van der Waals surface area contributed by atoms with E-state index in [-0.39, 0.29) is 11.3 Å². The molecule has 0 aromatic heterocycles. The maximum Gasteiger partial charge on any atom is 0.338 e. The number of nitro benzene ring substituents is 1. The predicted octanol–water partition coefficient (Wildman–Crippen LogP) is 3.73. The summed E-state index contributed by atoms with van der Waals surface area (Å²) in [6, 6.07) is 10.8. The van der Waals surface area contributed by atoms with Crippen LogP contribution in [0.25, 0.3) is 0 Å². The fourth-order valence-corrected chi connectivity index (χ4v) is 2.31. The molecule has 148 valence electrons. The number of amides is 1. The van der Waals surface area contributed by atoms with Crippen LogP contribution in [0, 0.1) is 23.0 Å². The van der Waals surface area contributed by atoms with Crippen molar-refractivity contribution in [3.63, 3.8) is 0 Å². The van der Waals surface area contributed by atoms with Crippen molar-refractivity contribution in [3.05, 3.63) is 63.7 Å². The van der Waals surface area contributed by atoms with Gasteiger partial charge in [-0.2, -0.15) is 0 Å². The third-order valence-electron chi connectivity index (χ3n) is 3.78. The molecule has 0 saturated carbocycles. The van der Waals surface area contributed by atoms with Crippen molar-refractivity contribution in [2.45, 2.75) is 20.8 Å². The van der Waals surface area contributed by atoms with Crippen molar-refractivity contribution < 1.29 is 24.0 Å². The molecule has 8 heteroatoms. The molecule has 2 rings (SSSR count). The fourth-order valence-electron chi connectivity index (χ4n) is 2.31. The number of carbonyl (C=O) groups excluding carboxylic acids is 2. The van der Waals surface area contributed by atoms with Gasteiger partial charge in [-0.3, -0.25) is 14.9 Å². The number of benzene rings is 2. The topological polar surface area (TPSA) is 108 Å². The van der Waals surface area contributed by atoms with E-state index in [1.807, 2.05) is 13.8 Å². The zero-order chi connectivity index (χ0) is 20.7. The maximum absolute atomic E-state index is 12.1. The minimum absolute atomic E-state index is 0.102. The molecule has 28 heavy (non-hydrogen) atoms. The van der Waals surface area contributed by atoms with E-state index >= 15 is 0 Å². The van der Waals surface area contributed by atoms with Crippen molar-refractivity contribution >= 4 is 23.3 Å². The average Bonchev–Trinajstić information content (AvgIpc) is 2.66. The second kappa shape index (κ2) is 9.50. The Bertz CT molecular complexity index is 861. The van der Waals surface area contributed by atoms with Crippen molar-refractivity contribution in [3.8, 4) is 5.75 Å². The van der Waals surface area contributed by atoms with Crippen molar-refractivity contribution in [2.75, 3.05) is 18.5 Å². The van der Waals surface area contributed by atoms with Crippen LogP contribution in [0.5, 0.6) is 5.75 Å². The molecule has 2 aromatic carbocycles. The SMILES string of the molecule is Cc1c(NC(=O)COC(=O)c2ccc(OCC(C)C)cc2)cccc1[N+](=O)[O-]. The van der Waals surface area contributed by atoms with Gasteiger partial charge in [0.15, 0.2) is 6.61 Å². The Labute approximate surface area is 162 Å². The maximum atomic E-state index is 12.1. The van der Waals surface area contributed by atoms with Crippen LogP contribution in [0.1, 0.15) is 29.8 Å². The number of nitrogens with one attached hydrogen (secondary N) is 1. The summed E-state index contributed by atoms with van der Waals surface area (Å²) in [6.07, 6.45) is 0. The third kappa shape index (κ3) is 5.80. The minimum Gasteiger partial charge on any atom is -0.493 e. The zero-order valence-corrected chi connectivity index (χ0v) is 15.9. The number of nitro groups is 1. The first-order valence-electron chi connectivity index (χ1n) is 8.71. The molecule has 0 bridgehead atoms. The Hall–Kier alpha value is -3.42. The van der Waals surface area contributed by atoms with E-state index in [1.165, 1.54) is 25.1 Å². The molecule has 0 unspecified atom stereocenters. The monoisotopic (exact) mass is 386 g/mol. The van der Waals surface area contributed by atoms with E-state index in [2.05, 4.69) is 5.32 Å². The second-order valence-corrected chi connectivity index (χ2v) is 6.56. The lowest BCUT2D eigenvalue weighted by atomic mass is 10.1. The Morgan fingerprint density at radius 3 is 2.43 bits per heavy atom. The van der Waals surface area contributed by atoms with E-state index in [0.717, 1.165) is 0 Å². The van der Waals surface area contributed by atoms with Crippen LogP contribution < -0.4 is 10.1 Å². The molecule has 0 aliphatic carbocycles. The number of carbonyl (C=O) groups is 2. The fraction of sp³-hybridized carbons (Fsp3) is 0.300. The first kappa shape index (κ1) is 20.9. The molecule has 1 amide bonds. The molecule has 0 atom stereocenters. The third-order valence-corrected chi connectivity index (χ3v) is 3.78. The van der Waals surface area contributed by atoms with Crippen molar-refractivity contribution in [2.24, 2.45) is 5.92 Å². The van der Waals surface area contributed by atoms with Crippen LogP contribution in [0.4, 0.5) is 11.4 Å². The minimum atomic E-state index is -0.652. The number of anilines is 1. The molecule has 0 heterocycles. The van der Waals surface area contributed by atoms with Crippen molar-refractivity contribution in [1.82, 2.24) is 0 Å². The molecule has 0 saturated heterocycles. The normalized spacial score (nSPS) is 10.4. The van der Waals surface area contributed by atoms with Crippen LogP contribution in [0.3, 0.4) is 0 Å². The van der Waals surface area contributed by atoms with Gasteiger partial charge in [0, 0.05) is 6.07 Å². The molecule has 2 aromatic rings. The zero-order valence-electron chi connectivity index (χ0n) is 15.9. The largest absolute Gasteiger partial charge is 0.493 e. The first-order chi connectivity index (χ1) is 13.3. The Balaban J connectivity index is 1.90. The van der Waals surface area contributed by atoms with E-state index in [0.29, 0.717) is 29.5 Å². The summed E-state index contributed by atoms with van der Waals surface area (Å²) in [5, 5.41) is 13.5. The Morgan fingerprint density at radius 2 is 1.82 bits per heavy atom. The lowest BCUT2D eigenvalue weighted by molar-refractivity contribution is -0.385. The smallest absolute Gasteiger partial charge is 0.338 e. The summed E-state index contributed by atoms with van der Waals surface area (Å²) in [6.45, 7) is 5.66. The van der Waals surface area contributed by atoms with Crippen LogP contribution in [-0.4, -0.2) is 30.0 Å². The summed E-state index contributed by atoms with van der Waals surface area (Å²) in [5.74, 6) is -0.211. The standard InChI is InChI=1S/C20H22N2O6/c1-13(2)11-27-16-9-7-15(8-10-16)20(24)28-12-19(23)21-17-5-4-6-18(14(17)3)22(25)26/h4-10,13H,11-12H2,1-3H3,(H,21,23). The Morgan fingerprint density at radius 1 is 1.14 bits per heavy atom. The average molecular weight is 386 g/mol. The van der Waals surface area contributed by atoms with Crippen molar-refractivity contribution in [1.29, 1.82) is 0 Å². The van der Waals surface area contributed by atoms with E-state index in [4.69, 9.17) is 9.47 Å². The molecule has 0 fully saturated rings. The van der Waals surface area contributed by atoms with Gasteiger partial charge < -0.3 is 14.8 Å². The molecule has 0 aliphatic rings. The highest BCUT2D eigenvalue weighted by Crippen LogP contribution is 2.25. The van der Waals surface area contributed by atoms with E-state index in [1.54, 1.807) is 24.3 Å².